The van der Waals surface area contributed by atoms with Crippen LogP contribution in [0.25, 0.3) is 22.1 Å². The fourth-order valence-corrected chi connectivity index (χ4v) is 7.32. The van der Waals surface area contributed by atoms with E-state index in [0.29, 0.717) is 46.5 Å². The number of ether oxygens (including phenoxy) is 1. The molecule has 0 saturated carbocycles. The zero-order chi connectivity index (χ0) is 44.7. The van der Waals surface area contributed by atoms with E-state index in [1.165, 1.54) is 46.0 Å². The van der Waals surface area contributed by atoms with Crippen LogP contribution in [0, 0.1) is 13.8 Å². The number of carbonyl (C=O) groups excluding carboxylic acids is 4. The average Bonchev–Trinajstić information content (AvgIpc) is 3.92. The lowest BCUT2D eigenvalue weighted by atomic mass is 9.85. The normalized spacial score (nSPS) is 14.5. The van der Waals surface area contributed by atoms with Crippen LogP contribution in [-0.4, -0.2) is 101 Å². The minimum Gasteiger partial charge on any atom is -0.491 e. The van der Waals surface area contributed by atoms with E-state index in [2.05, 4.69) is 20.2 Å². The molecule has 0 bridgehead atoms. The zero-order valence-electron chi connectivity index (χ0n) is 35.5. The van der Waals surface area contributed by atoms with Crippen LogP contribution in [0.3, 0.4) is 0 Å². The molecule has 0 aliphatic carbocycles. The lowest BCUT2D eigenvalue weighted by Crippen LogP contribution is -2.57. The van der Waals surface area contributed by atoms with Gasteiger partial charge in [0.15, 0.2) is 0 Å². The number of nitrogens with zero attached hydrogens (tertiary/aromatic N) is 10. The largest absolute Gasteiger partial charge is 0.491 e. The highest BCUT2D eigenvalue weighted by atomic mass is 16.5. The van der Waals surface area contributed by atoms with Crippen molar-refractivity contribution in [3.63, 3.8) is 0 Å². The van der Waals surface area contributed by atoms with Crippen molar-refractivity contribution in [2.24, 2.45) is 35.5 Å². The Bertz CT molecular complexity index is 2860. The number of primary amides is 2. The van der Waals surface area contributed by atoms with E-state index in [1.54, 1.807) is 65.9 Å². The number of aromatic nitrogens is 8. The maximum absolute atomic E-state index is 13.9. The van der Waals surface area contributed by atoms with Crippen LogP contribution in [0.1, 0.15) is 87.2 Å². The zero-order valence-corrected chi connectivity index (χ0v) is 35.5. The number of hydrogen-bond acceptors (Lipinski definition) is 10. The van der Waals surface area contributed by atoms with Crippen molar-refractivity contribution in [1.29, 1.82) is 0 Å². The Morgan fingerprint density at radius 1 is 0.721 bits per heavy atom. The summed E-state index contributed by atoms with van der Waals surface area (Å²) in [6.07, 6.45) is 0.247. The molecule has 0 aliphatic rings. The van der Waals surface area contributed by atoms with Crippen molar-refractivity contribution >= 4 is 45.7 Å². The number of benzene rings is 2. The molecule has 324 valence electrons. The minimum atomic E-state index is -2.09. The predicted octanol–water partition coefficient (Wildman–Crippen LogP) is 0.966. The molecule has 4 heterocycles. The van der Waals surface area contributed by atoms with Gasteiger partial charge in [-0.1, -0.05) is 0 Å². The molecule has 0 aliphatic heterocycles. The number of hydrogen-bond donors (Lipinski definition) is 5. The molecule has 0 saturated heterocycles. The van der Waals surface area contributed by atoms with Crippen LogP contribution in [-0.2, 0) is 40.3 Å². The van der Waals surface area contributed by atoms with Gasteiger partial charge in [0.1, 0.15) is 33.9 Å². The third-order valence-electron chi connectivity index (χ3n) is 10.9. The molecule has 7 N–H and O–H groups in total. The summed E-state index contributed by atoms with van der Waals surface area (Å²) in [7, 11) is 3.26. The van der Waals surface area contributed by atoms with Crippen molar-refractivity contribution in [3.8, 4) is 5.75 Å². The minimum absolute atomic E-state index is 0.0205. The Morgan fingerprint density at radius 2 is 1.21 bits per heavy atom. The summed E-state index contributed by atoms with van der Waals surface area (Å²) in [4.78, 5) is 61.6. The van der Waals surface area contributed by atoms with Crippen LogP contribution >= 0.6 is 0 Å². The third-order valence-corrected chi connectivity index (χ3v) is 10.9. The van der Waals surface area contributed by atoms with Gasteiger partial charge in [0, 0.05) is 51.3 Å². The van der Waals surface area contributed by atoms with Gasteiger partial charge >= 0.3 is 0 Å². The average molecular weight is 841 g/mol. The second kappa shape index (κ2) is 16.8. The summed E-state index contributed by atoms with van der Waals surface area (Å²) in [5.74, 6) is -2.55. The highest BCUT2D eigenvalue weighted by molar-refractivity contribution is 5.99. The van der Waals surface area contributed by atoms with Crippen molar-refractivity contribution in [1.82, 2.24) is 37.8 Å². The number of aliphatic hydroxyl groups is 3. The van der Waals surface area contributed by atoms with Crippen LogP contribution in [0.5, 0.6) is 5.75 Å². The molecule has 2 aromatic carbocycles. The number of nitrogens with two attached hydrogens (primary N) is 2. The fraction of sp³-hybridized carbons (Fsp3) is 0.415. The summed E-state index contributed by atoms with van der Waals surface area (Å²) >= 11 is 0. The lowest BCUT2D eigenvalue weighted by molar-refractivity contribution is -0.146. The molecule has 2 unspecified atom stereocenters. The quantitative estimate of drug-likeness (QED) is 0.0915. The Balaban J connectivity index is 1.56. The summed E-state index contributed by atoms with van der Waals surface area (Å²) < 4.78 is 15.3. The topological polar surface area (TPSA) is 270 Å². The molecule has 2 atom stereocenters. The van der Waals surface area contributed by atoms with E-state index in [1.807, 2.05) is 13.8 Å². The van der Waals surface area contributed by atoms with Crippen LogP contribution in [0.4, 0.5) is 0 Å². The lowest BCUT2D eigenvalue weighted by Gasteiger charge is -2.39. The number of aryl methyl sites for hydroxylation is 6. The van der Waals surface area contributed by atoms with Gasteiger partial charge in [-0.2, -0.15) is 20.2 Å². The molecule has 61 heavy (non-hydrogen) atoms. The first kappa shape index (κ1) is 43.9. The molecule has 6 rings (SSSR count). The summed E-state index contributed by atoms with van der Waals surface area (Å²) in [6.45, 7) is 9.89. The number of aliphatic hydroxyl groups excluding tert-OH is 1. The van der Waals surface area contributed by atoms with Gasteiger partial charge in [-0.15, -0.1) is 0 Å². The van der Waals surface area contributed by atoms with Gasteiger partial charge in [0.2, 0.25) is 23.1 Å². The number of amides is 4. The molecule has 4 aromatic heterocycles. The monoisotopic (exact) mass is 840 g/mol. The number of rotatable bonds is 15. The van der Waals surface area contributed by atoms with E-state index in [4.69, 9.17) is 16.2 Å². The van der Waals surface area contributed by atoms with Crippen LogP contribution in [0.15, 0.2) is 52.4 Å². The summed E-state index contributed by atoms with van der Waals surface area (Å²) in [5.41, 5.74) is 10.8. The standard InChI is InChI=1S/C41H52N12O8/c1-9-52-30(16-23(3)46-52)36(57)44-38-48(7)28-18-25(34(42)55)12-13-27(28)50(38)21-40(5,59)41(6,60)22-51-33-29(19-26(35(43)56)20-32(33)61-15-11-14-54)49(8)39(51)45-37(58)31-17-24(4)47-53(31)10-2/h12-13,16-20,54,59-60H,9-11,14-15,21-22H2,1-8H3,(H2,42,55)(H2,43,56). The van der Waals surface area contributed by atoms with Crippen molar-refractivity contribution < 1.29 is 39.2 Å². The van der Waals surface area contributed by atoms with Gasteiger partial charge in [0.25, 0.3) is 11.8 Å². The first-order valence-electron chi connectivity index (χ1n) is 19.7. The van der Waals surface area contributed by atoms with Gasteiger partial charge in [0.05, 0.1) is 47.6 Å². The molecular weight excluding hydrogens is 789 g/mol. The highest BCUT2D eigenvalue weighted by Gasteiger charge is 2.44. The Kier molecular flexibility index (Phi) is 12.1. The molecule has 0 spiro atoms. The Hall–Kier alpha value is -6.64. The first-order valence-corrected chi connectivity index (χ1v) is 19.7. The second-order valence-corrected chi connectivity index (χ2v) is 15.4. The van der Waals surface area contributed by atoms with Crippen LogP contribution in [0.2, 0.25) is 0 Å². The molecule has 0 radical (unpaired) electrons. The van der Waals surface area contributed by atoms with Gasteiger partial charge in [-0.25, -0.2) is 0 Å². The summed E-state index contributed by atoms with van der Waals surface area (Å²) in [6, 6.07) is 10.8. The summed E-state index contributed by atoms with van der Waals surface area (Å²) in [5, 5.41) is 43.4. The molecule has 20 heteroatoms. The second-order valence-electron chi connectivity index (χ2n) is 15.4. The molecule has 0 fully saturated rings. The Labute approximate surface area is 349 Å². The maximum Gasteiger partial charge on any atom is 0.298 e. The fourth-order valence-electron chi connectivity index (χ4n) is 7.32. The first-order chi connectivity index (χ1) is 28.7. The van der Waals surface area contributed by atoms with Crippen LogP contribution < -0.4 is 27.4 Å². The number of fused-ring (bicyclic) bond motifs is 2. The van der Waals surface area contributed by atoms with Crippen molar-refractivity contribution in [3.05, 3.63) is 87.6 Å². The molecule has 4 amide bonds. The Morgan fingerprint density at radius 3 is 1.72 bits per heavy atom. The number of carbonyl (C=O) groups is 4. The van der Waals surface area contributed by atoms with E-state index in [-0.39, 0.29) is 65.7 Å². The predicted molar refractivity (Wildman–Crippen MR) is 222 cm³/mol. The SMILES string of the molecule is CCn1nc(C)cc1C(=O)N=c1n(C)c2cc(C(N)=O)ccc2n1CC(C)(O)C(C)(O)Cn1c(=NC(=O)c2cc(C)nn2CC)n(C)c2cc(C(N)=O)cc(OCCCO)c21. The van der Waals surface area contributed by atoms with Gasteiger partial charge < -0.3 is 49.8 Å². The smallest absolute Gasteiger partial charge is 0.298 e. The van der Waals surface area contributed by atoms with Crippen molar-refractivity contribution in [2.75, 3.05) is 13.2 Å². The maximum atomic E-state index is 13.9. The molecule has 6 aromatic rings. The van der Waals surface area contributed by atoms with Gasteiger partial charge in [-0.3, -0.25) is 28.5 Å². The van der Waals surface area contributed by atoms with E-state index in [0.717, 1.165) is 0 Å². The van der Waals surface area contributed by atoms with E-state index >= 15 is 0 Å². The third kappa shape index (κ3) is 8.28. The van der Waals surface area contributed by atoms with E-state index < -0.39 is 41.4 Å². The van der Waals surface area contributed by atoms with E-state index in [9.17, 15) is 34.5 Å². The number of imidazole rings is 2. The highest BCUT2D eigenvalue weighted by Crippen LogP contribution is 2.32. The molecule has 20 nitrogen and oxygen atoms in total. The molecular formula is C41H52N12O8. The van der Waals surface area contributed by atoms with Crippen molar-refractivity contribution in [2.45, 2.75) is 85.3 Å². The van der Waals surface area contributed by atoms with Gasteiger partial charge in [-0.05, 0) is 84.0 Å².